The molecule has 2 heterocycles. The zero-order valence-electron chi connectivity index (χ0n) is 18.2. The molecule has 6 nitrogen and oxygen atoms in total. The molecule has 2 aliphatic heterocycles. The van der Waals surface area contributed by atoms with Gasteiger partial charge in [-0.25, -0.2) is 0 Å². The van der Waals surface area contributed by atoms with Crippen LogP contribution in [0.25, 0.3) is 0 Å². The van der Waals surface area contributed by atoms with Gasteiger partial charge in [0.1, 0.15) is 23.6 Å². The summed E-state index contributed by atoms with van der Waals surface area (Å²) in [4.78, 5) is 12.3. The second kappa shape index (κ2) is 9.77. The summed E-state index contributed by atoms with van der Waals surface area (Å²) in [6, 6.07) is 7.63. The van der Waals surface area contributed by atoms with Crippen LogP contribution in [0.15, 0.2) is 49.1 Å². The lowest BCUT2D eigenvalue weighted by Gasteiger charge is -2.39. The van der Waals surface area contributed by atoms with Gasteiger partial charge in [0.05, 0.1) is 26.2 Å². The smallest absolute Gasteiger partial charge is 0.306 e. The number of fused-ring (bicyclic) bond motifs is 1. The van der Waals surface area contributed by atoms with E-state index in [-0.39, 0.29) is 36.6 Å². The zero-order chi connectivity index (χ0) is 21.7. The van der Waals surface area contributed by atoms with Crippen molar-refractivity contribution in [2.45, 2.75) is 63.8 Å². The predicted molar refractivity (Wildman–Crippen MR) is 113 cm³/mol. The van der Waals surface area contributed by atoms with Gasteiger partial charge in [-0.05, 0) is 39.3 Å². The van der Waals surface area contributed by atoms with Crippen LogP contribution in [-0.2, 0) is 23.7 Å². The monoisotopic (exact) mass is 416 g/mol. The highest BCUT2D eigenvalue weighted by molar-refractivity contribution is 5.70. The number of hydrogen-bond acceptors (Lipinski definition) is 6. The molecule has 1 fully saturated rings. The first-order chi connectivity index (χ1) is 14.3. The van der Waals surface area contributed by atoms with Crippen LogP contribution in [0.5, 0.6) is 5.75 Å². The third-order valence-electron chi connectivity index (χ3n) is 5.09. The summed E-state index contributed by atoms with van der Waals surface area (Å²) in [5.74, 6) is 0.504. The van der Waals surface area contributed by atoms with E-state index in [1.165, 1.54) is 0 Å². The van der Waals surface area contributed by atoms with Gasteiger partial charge in [-0.3, -0.25) is 4.79 Å². The van der Waals surface area contributed by atoms with Gasteiger partial charge in [0.25, 0.3) is 0 Å². The van der Waals surface area contributed by atoms with E-state index in [0.717, 1.165) is 11.3 Å². The van der Waals surface area contributed by atoms with Crippen molar-refractivity contribution in [3.63, 3.8) is 0 Å². The van der Waals surface area contributed by atoms with Crippen LogP contribution in [0.2, 0.25) is 0 Å². The molecule has 0 unspecified atom stereocenters. The Bertz CT molecular complexity index is 748. The summed E-state index contributed by atoms with van der Waals surface area (Å²) in [6.45, 7) is 9.89. The summed E-state index contributed by atoms with van der Waals surface area (Å²) >= 11 is 0. The number of allylic oxidation sites excluding steroid dienone is 1. The molecule has 1 saturated heterocycles. The Labute approximate surface area is 178 Å². The van der Waals surface area contributed by atoms with Crippen molar-refractivity contribution in [1.82, 2.24) is 0 Å². The molecule has 0 saturated carbocycles. The van der Waals surface area contributed by atoms with Crippen molar-refractivity contribution in [1.29, 1.82) is 0 Å². The zero-order valence-corrected chi connectivity index (χ0v) is 18.2. The third kappa shape index (κ3) is 5.94. The molecular weight excluding hydrogens is 384 g/mol. The van der Waals surface area contributed by atoms with Crippen LogP contribution >= 0.6 is 0 Å². The average molecular weight is 417 g/mol. The standard InChI is InChI=1S/C24H32O6/c1-6-19-17(14-22(25)30-24(2,3)4)8-7-9-20-21(28-19)15-27-23(29-20)16-10-12-18(26-5)13-11-16/h6-7,9-13,17,19-21,23H,1,8,14-15H2,2-5H3/b9-7-/t17-,19-,20-,21+,23+/m0/s1. The first-order valence-corrected chi connectivity index (χ1v) is 10.4. The van der Waals surface area contributed by atoms with Gasteiger partial charge in [0.15, 0.2) is 6.29 Å². The number of ether oxygens (including phenoxy) is 5. The molecule has 0 spiro atoms. The molecule has 0 radical (unpaired) electrons. The molecule has 164 valence electrons. The van der Waals surface area contributed by atoms with Crippen molar-refractivity contribution in [2.75, 3.05) is 13.7 Å². The Morgan fingerprint density at radius 2 is 1.97 bits per heavy atom. The minimum absolute atomic E-state index is 0.0474. The van der Waals surface area contributed by atoms with Crippen molar-refractivity contribution < 1.29 is 28.5 Å². The van der Waals surface area contributed by atoms with E-state index in [1.807, 2.05) is 51.1 Å². The van der Waals surface area contributed by atoms with Gasteiger partial charge in [0, 0.05) is 11.5 Å². The molecule has 0 bridgehead atoms. The fourth-order valence-electron chi connectivity index (χ4n) is 3.65. The average Bonchev–Trinajstić information content (AvgIpc) is 2.69. The van der Waals surface area contributed by atoms with Gasteiger partial charge in [-0.15, -0.1) is 6.58 Å². The Balaban J connectivity index is 1.66. The number of esters is 1. The fourth-order valence-corrected chi connectivity index (χ4v) is 3.65. The predicted octanol–water partition coefficient (Wildman–Crippen LogP) is 4.36. The highest BCUT2D eigenvalue weighted by atomic mass is 16.7. The van der Waals surface area contributed by atoms with Crippen molar-refractivity contribution >= 4 is 5.97 Å². The summed E-state index contributed by atoms with van der Waals surface area (Å²) in [7, 11) is 1.63. The van der Waals surface area contributed by atoms with E-state index < -0.39 is 11.9 Å². The molecule has 6 heteroatoms. The van der Waals surface area contributed by atoms with Gasteiger partial charge >= 0.3 is 5.97 Å². The van der Waals surface area contributed by atoms with Gasteiger partial charge in [-0.2, -0.15) is 0 Å². The molecule has 3 rings (SSSR count). The Morgan fingerprint density at radius 1 is 1.23 bits per heavy atom. The maximum atomic E-state index is 12.3. The maximum absolute atomic E-state index is 12.3. The van der Waals surface area contributed by atoms with Crippen LogP contribution in [0.3, 0.4) is 0 Å². The highest BCUT2D eigenvalue weighted by Crippen LogP contribution is 2.33. The van der Waals surface area contributed by atoms with E-state index >= 15 is 0 Å². The maximum Gasteiger partial charge on any atom is 0.306 e. The fraction of sp³-hybridized carbons (Fsp3) is 0.542. The topological polar surface area (TPSA) is 63.2 Å². The van der Waals surface area contributed by atoms with E-state index in [1.54, 1.807) is 13.2 Å². The summed E-state index contributed by atoms with van der Waals surface area (Å²) < 4.78 is 29.0. The lowest BCUT2D eigenvalue weighted by Crippen LogP contribution is -2.45. The number of benzene rings is 1. The summed E-state index contributed by atoms with van der Waals surface area (Å²) in [5.41, 5.74) is 0.416. The molecule has 5 atom stereocenters. The molecule has 2 aliphatic rings. The van der Waals surface area contributed by atoms with Crippen LogP contribution in [0, 0.1) is 5.92 Å². The molecule has 0 amide bonds. The number of rotatable bonds is 5. The Morgan fingerprint density at radius 3 is 2.60 bits per heavy atom. The molecular formula is C24H32O6. The largest absolute Gasteiger partial charge is 0.497 e. The lowest BCUT2D eigenvalue weighted by molar-refractivity contribution is -0.261. The second-order valence-corrected chi connectivity index (χ2v) is 8.63. The normalized spacial score (nSPS) is 30.3. The quantitative estimate of drug-likeness (QED) is 0.525. The van der Waals surface area contributed by atoms with Gasteiger partial charge in [-0.1, -0.05) is 30.4 Å². The van der Waals surface area contributed by atoms with E-state index in [2.05, 4.69) is 12.7 Å². The third-order valence-corrected chi connectivity index (χ3v) is 5.09. The van der Waals surface area contributed by atoms with E-state index in [0.29, 0.717) is 13.0 Å². The number of carbonyl (C=O) groups is 1. The van der Waals surface area contributed by atoms with Crippen LogP contribution in [0.4, 0.5) is 0 Å². The minimum atomic E-state index is -0.508. The minimum Gasteiger partial charge on any atom is -0.497 e. The number of hydrogen-bond donors (Lipinski definition) is 0. The summed E-state index contributed by atoms with van der Waals surface area (Å²) in [6.07, 6.45) is 5.48. The first-order valence-electron chi connectivity index (χ1n) is 10.4. The first kappa shape index (κ1) is 22.5. The van der Waals surface area contributed by atoms with Gasteiger partial charge < -0.3 is 23.7 Å². The molecule has 0 N–H and O–H groups in total. The van der Waals surface area contributed by atoms with E-state index in [9.17, 15) is 4.79 Å². The molecule has 1 aromatic rings. The Hall–Kier alpha value is -2.15. The Kier molecular flexibility index (Phi) is 7.34. The second-order valence-electron chi connectivity index (χ2n) is 8.63. The molecule has 30 heavy (non-hydrogen) atoms. The SMILES string of the molecule is C=C[C@@H]1O[C@@H]2CO[C@@H](c3ccc(OC)cc3)O[C@H]2/C=C\C[C@H]1CC(=O)OC(C)(C)C. The van der Waals surface area contributed by atoms with Crippen molar-refractivity contribution in [2.24, 2.45) is 5.92 Å². The van der Waals surface area contributed by atoms with Crippen molar-refractivity contribution in [3.05, 3.63) is 54.6 Å². The van der Waals surface area contributed by atoms with E-state index in [4.69, 9.17) is 23.7 Å². The number of carbonyl (C=O) groups excluding carboxylic acids is 1. The van der Waals surface area contributed by atoms with Crippen LogP contribution in [-0.4, -0.2) is 43.6 Å². The molecule has 1 aromatic carbocycles. The van der Waals surface area contributed by atoms with Gasteiger partial charge in [0.2, 0.25) is 0 Å². The van der Waals surface area contributed by atoms with Crippen molar-refractivity contribution in [3.8, 4) is 5.75 Å². The van der Waals surface area contributed by atoms with Crippen LogP contribution < -0.4 is 4.74 Å². The van der Waals surface area contributed by atoms with Crippen LogP contribution in [0.1, 0.15) is 45.5 Å². The highest BCUT2D eigenvalue weighted by Gasteiger charge is 2.36. The number of methoxy groups -OCH3 is 1. The molecule has 0 aliphatic carbocycles. The molecule has 0 aromatic heterocycles. The lowest BCUT2D eigenvalue weighted by atomic mass is 9.92. The summed E-state index contributed by atoms with van der Waals surface area (Å²) in [5, 5.41) is 0.